The Morgan fingerprint density at radius 1 is 1.48 bits per heavy atom. The molecule has 1 unspecified atom stereocenters. The van der Waals surface area contributed by atoms with Crippen molar-refractivity contribution < 1.29 is 0 Å². The van der Waals surface area contributed by atoms with Crippen LogP contribution in [0.2, 0.25) is 0 Å². The first kappa shape index (κ1) is 18.6. The average molecular weight is 423 g/mol. The van der Waals surface area contributed by atoms with Crippen LogP contribution in [0.3, 0.4) is 0 Å². The zero-order valence-electron chi connectivity index (χ0n) is 12.6. The highest BCUT2D eigenvalue weighted by atomic mass is 127. The normalized spacial score (nSPS) is 18.3. The third kappa shape index (κ3) is 7.39. The van der Waals surface area contributed by atoms with Crippen molar-refractivity contribution >= 4 is 41.7 Å². The molecule has 0 saturated carbocycles. The Balaban J connectivity index is 0.00000220. The Morgan fingerprint density at radius 2 is 2.38 bits per heavy atom. The quantitative estimate of drug-likeness (QED) is 0.306. The molecule has 1 aliphatic heterocycles. The van der Waals surface area contributed by atoms with Crippen molar-refractivity contribution in [2.75, 3.05) is 25.4 Å². The van der Waals surface area contributed by atoms with Crippen LogP contribution in [0.15, 0.2) is 23.7 Å². The lowest BCUT2D eigenvalue weighted by molar-refractivity contribution is 0.624. The number of aryl methyl sites for hydroxylation is 1. The Hall–Kier alpha value is -0.440. The molecule has 1 atom stereocenters. The molecule has 120 valence electrons. The van der Waals surface area contributed by atoms with E-state index in [2.05, 4.69) is 43.9 Å². The van der Waals surface area contributed by atoms with E-state index in [1.165, 1.54) is 18.6 Å². The number of aromatic nitrogens is 2. The zero-order chi connectivity index (χ0) is 14.0. The first-order valence-corrected chi connectivity index (χ1v) is 8.53. The van der Waals surface area contributed by atoms with Crippen molar-refractivity contribution in [3.8, 4) is 0 Å². The maximum Gasteiger partial charge on any atom is 0.191 e. The maximum atomic E-state index is 4.68. The average Bonchev–Trinajstić information content (AvgIpc) is 3.13. The molecule has 1 aromatic heterocycles. The summed E-state index contributed by atoms with van der Waals surface area (Å²) < 4.78 is 2.10. The van der Waals surface area contributed by atoms with E-state index in [-0.39, 0.29) is 24.0 Å². The van der Waals surface area contributed by atoms with Crippen LogP contribution < -0.4 is 10.6 Å². The van der Waals surface area contributed by atoms with E-state index in [0.29, 0.717) is 0 Å². The smallest absolute Gasteiger partial charge is 0.191 e. The first-order chi connectivity index (χ1) is 9.88. The molecule has 2 heterocycles. The van der Waals surface area contributed by atoms with Crippen molar-refractivity contribution in [1.82, 2.24) is 20.2 Å². The van der Waals surface area contributed by atoms with Crippen LogP contribution in [0.1, 0.15) is 26.2 Å². The van der Waals surface area contributed by atoms with Crippen LogP contribution >= 0.6 is 35.7 Å². The van der Waals surface area contributed by atoms with E-state index in [9.17, 15) is 0 Å². The minimum absolute atomic E-state index is 0. The summed E-state index contributed by atoms with van der Waals surface area (Å²) in [5.74, 6) is 2.25. The van der Waals surface area contributed by atoms with Gasteiger partial charge in [0, 0.05) is 37.3 Å². The molecule has 5 nitrogen and oxygen atoms in total. The van der Waals surface area contributed by atoms with Crippen LogP contribution in [0.5, 0.6) is 0 Å². The summed E-state index contributed by atoms with van der Waals surface area (Å²) in [5, 5.41) is 7.43. The van der Waals surface area contributed by atoms with Gasteiger partial charge in [-0.2, -0.15) is 11.8 Å². The maximum absolute atomic E-state index is 4.68. The Bertz CT molecular complexity index is 390. The second-order valence-corrected chi connectivity index (χ2v) is 6.34. The van der Waals surface area contributed by atoms with E-state index in [1.54, 1.807) is 0 Å². The second kappa shape index (κ2) is 11.2. The Labute approximate surface area is 148 Å². The van der Waals surface area contributed by atoms with E-state index in [4.69, 9.17) is 0 Å². The largest absolute Gasteiger partial charge is 0.357 e. The zero-order valence-corrected chi connectivity index (χ0v) is 15.8. The van der Waals surface area contributed by atoms with Crippen molar-refractivity contribution in [3.05, 3.63) is 18.7 Å². The molecule has 0 aliphatic carbocycles. The van der Waals surface area contributed by atoms with Crippen molar-refractivity contribution in [1.29, 1.82) is 0 Å². The monoisotopic (exact) mass is 423 g/mol. The summed E-state index contributed by atoms with van der Waals surface area (Å²) in [7, 11) is 0. The number of hydrogen-bond acceptors (Lipinski definition) is 3. The molecule has 1 aromatic rings. The lowest BCUT2D eigenvalue weighted by Gasteiger charge is -2.12. The number of hydrogen-bond donors (Lipinski definition) is 2. The number of halogens is 1. The minimum Gasteiger partial charge on any atom is -0.357 e. The SMILES string of the molecule is CCNC(=NCC1CCCS1)NCCCn1ccnc1.I. The highest BCUT2D eigenvalue weighted by Crippen LogP contribution is 2.25. The summed E-state index contributed by atoms with van der Waals surface area (Å²) in [5.41, 5.74) is 0. The highest BCUT2D eigenvalue weighted by molar-refractivity contribution is 14.0. The van der Waals surface area contributed by atoms with Gasteiger partial charge in [-0.3, -0.25) is 4.99 Å². The van der Waals surface area contributed by atoms with E-state index >= 15 is 0 Å². The fourth-order valence-corrected chi connectivity index (χ4v) is 3.39. The number of aliphatic imine (C=N–C) groups is 1. The summed E-state index contributed by atoms with van der Waals surface area (Å²) in [6.45, 7) is 5.87. The van der Waals surface area contributed by atoms with Crippen LogP contribution in [0.25, 0.3) is 0 Å². The third-order valence-corrected chi connectivity index (χ3v) is 4.65. The van der Waals surface area contributed by atoms with Crippen LogP contribution in [-0.4, -0.2) is 46.1 Å². The number of thioether (sulfide) groups is 1. The minimum atomic E-state index is 0. The summed E-state index contributed by atoms with van der Waals surface area (Å²) >= 11 is 2.06. The van der Waals surface area contributed by atoms with Gasteiger partial charge in [0.2, 0.25) is 0 Å². The van der Waals surface area contributed by atoms with E-state index in [0.717, 1.165) is 43.8 Å². The molecule has 1 fully saturated rings. The number of rotatable bonds is 7. The topological polar surface area (TPSA) is 54.2 Å². The molecule has 1 aliphatic rings. The molecule has 1 saturated heterocycles. The number of imidazole rings is 1. The number of nitrogens with one attached hydrogen (secondary N) is 2. The first-order valence-electron chi connectivity index (χ1n) is 7.48. The summed E-state index contributed by atoms with van der Waals surface area (Å²) in [6.07, 6.45) is 9.40. The Morgan fingerprint density at radius 3 is 3.05 bits per heavy atom. The van der Waals surface area contributed by atoms with Crippen LogP contribution in [-0.2, 0) is 6.54 Å². The molecular weight excluding hydrogens is 397 g/mol. The van der Waals surface area contributed by atoms with Gasteiger partial charge in [-0.1, -0.05) is 0 Å². The molecular formula is C14H26IN5S. The van der Waals surface area contributed by atoms with Gasteiger partial charge in [0.15, 0.2) is 5.96 Å². The van der Waals surface area contributed by atoms with E-state index < -0.39 is 0 Å². The molecule has 7 heteroatoms. The summed E-state index contributed by atoms with van der Waals surface area (Å²) in [6, 6.07) is 0. The Kier molecular flexibility index (Phi) is 9.90. The van der Waals surface area contributed by atoms with Gasteiger partial charge in [0.05, 0.1) is 12.9 Å². The van der Waals surface area contributed by atoms with Gasteiger partial charge < -0.3 is 15.2 Å². The molecule has 0 amide bonds. The van der Waals surface area contributed by atoms with Crippen molar-refractivity contribution in [2.45, 2.75) is 38.0 Å². The predicted molar refractivity (Wildman–Crippen MR) is 102 cm³/mol. The highest BCUT2D eigenvalue weighted by Gasteiger charge is 2.14. The molecule has 0 aromatic carbocycles. The summed E-state index contributed by atoms with van der Waals surface area (Å²) in [4.78, 5) is 8.73. The number of nitrogens with zero attached hydrogens (tertiary/aromatic N) is 3. The number of guanidine groups is 1. The van der Waals surface area contributed by atoms with Gasteiger partial charge in [-0.05, 0) is 31.9 Å². The fraction of sp³-hybridized carbons (Fsp3) is 0.714. The molecule has 0 radical (unpaired) electrons. The molecule has 2 rings (SSSR count). The van der Waals surface area contributed by atoms with Crippen molar-refractivity contribution in [3.63, 3.8) is 0 Å². The lowest BCUT2D eigenvalue weighted by atomic mass is 10.2. The van der Waals surface area contributed by atoms with Gasteiger partial charge in [-0.15, -0.1) is 24.0 Å². The third-order valence-electron chi connectivity index (χ3n) is 3.27. The van der Waals surface area contributed by atoms with Crippen molar-refractivity contribution in [2.24, 2.45) is 4.99 Å². The molecule has 0 spiro atoms. The van der Waals surface area contributed by atoms with Crippen LogP contribution in [0.4, 0.5) is 0 Å². The standard InChI is InChI=1S/C14H25N5S.HI/c1-2-16-14(18-11-13-5-3-10-20-13)17-6-4-8-19-9-7-15-12-19;/h7,9,12-13H,2-6,8,10-11H2,1H3,(H2,16,17,18);1H. The van der Waals surface area contributed by atoms with Gasteiger partial charge in [0.25, 0.3) is 0 Å². The van der Waals surface area contributed by atoms with Gasteiger partial charge in [-0.25, -0.2) is 4.98 Å². The lowest BCUT2D eigenvalue weighted by Crippen LogP contribution is -2.38. The molecule has 21 heavy (non-hydrogen) atoms. The van der Waals surface area contributed by atoms with E-state index in [1.807, 2.05) is 18.7 Å². The second-order valence-electron chi connectivity index (χ2n) is 4.94. The van der Waals surface area contributed by atoms with Gasteiger partial charge in [0.1, 0.15) is 0 Å². The predicted octanol–water partition coefficient (Wildman–Crippen LogP) is 2.34. The molecule has 0 bridgehead atoms. The molecule has 2 N–H and O–H groups in total. The van der Waals surface area contributed by atoms with Gasteiger partial charge >= 0.3 is 0 Å². The fourth-order valence-electron chi connectivity index (χ4n) is 2.21. The van der Waals surface area contributed by atoms with Crippen LogP contribution in [0, 0.1) is 0 Å².